The van der Waals surface area contributed by atoms with Gasteiger partial charge in [-0.05, 0) is 59.3 Å². The average Bonchev–Trinajstić information content (AvgIpc) is 3.55. The standard InChI is InChI=1S/C34H24N4/c1-2-21-35-22-19-25-10-8-14-32(36-25)38-31-17-15-24-9-6-7-13-27(24)33(31)29-16-18-30-28(34(29)38)20-23-37(30)26-11-4-3-5-12-26/h2-23H,1H2/b22-19+,35-21?. The number of hydrogen-bond donors (Lipinski definition) is 0. The van der Waals surface area contributed by atoms with Crippen molar-refractivity contribution < 1.29 is 0 Å². The summed E-state index contributed by atoms with van der Waals surface area (Å²) < 4.78 is 4.55. The Morgan fingerprint density at radius 2 is 1.55 bits per heavy atom. The fraction of sp³-hybridized carbons (Fsp3) is 0. The van der Waals surface area contributed by atoms with Crippen LogP contribution in [0.4, 0.5) is 0 Å². The van der Waals surface area contributed by atoms with Crippen LogP contribution in [0.2, 0.25) is 0 Å². The van der Waals surface area contributed by atoms with Crippen molar-refractivity contribution in [2.75, 3.05) is 0 Å². The van der Waals surface area contributed by atoms with E-state index in [2.05, 4.69) is 112 Å². The molecule has 0 fully saturated rings. The van der Waals surface area contributed by atoms with Crippen molar-refractivity contribution >= 4 is 55.8 Å². The molecule has 4 aromatic carbocycles. The molecule has 180 valence electrons. The Balaban J connectivity index is 1.58. The molecule has 3 aromatic heterocycles. The van der Waals surface area contributed by atoms with Crippen LogP contribution in [0.25, 0.3) is 61.1 Å². The summed E-state index contributed by atoms with van der Waals surface area (Å²) in [6, 6.07) is 36.3. The molecule has 7 rings (SSSR count). The number of hydrogen-bond acceptors (Lipinski definition) is 2. The van der Waals surface area contributed by atoms with Gasteiger partial charge in [0.2, 0.25) is 0 Å². The van der Waals surface area contributed by atoms with E-state index in [0.717, 1.165) is 33.7 Å². The molecule has 7 aromatic rings. The first kappa shape index (κ1) is 22.0. The quantitative estimate of drug-likeness (QED) is 0.224. The largest absolute Gasteiger partial charge is 0.316 e. The van der Waals surface area contributed by atoms with Crippen molar-refractivity contribution in [3.05, 3.63) is 134 Å². The van der Waals surface area contributed by atoms with Crippen molar-refractivity contribution in [2.45, 2.75) is 0 Å². The van der Waals surface area contributed by atoms with Crippen LogP contribution in [-0.4, -0.2) is 20.3 Å². The van der Waals surface area contributed by atoms with E-state index in [1.165, 1.54) is 26.9 Å². The first-order valence-electron chi connectivity index (χ1n) is 12.6. The van der Waals surface area contributed by atoms with Gasteiger partial charge in [0.15, 0.2) is 0 Å². The average molecular weight is 489 g/mol. The summed E-state index contributed by atoms with van der Waals surface area (Å²) in [5, 5.41) is 6.11. The van der Waals surface area contributed by atoms with E-state index >= 15 is 0 Å². The number of fused-ring (bicyclic) bond motifs is 7. The predicted octanol–water partition coefficient (Wildman–Crippen LogP) is 8.50. The molecule has 0 N–H and O–H groups in total. The zero-order valence-corrected chi connectivity index (χ0v) is 20.7. The highest BCUT2D eigenvalue weighted by atomic mass is 15.1. The molecule has 0 aliphatic rings. The number of pyridine rings is 1. The van der Waals surface area contributed by atoms with Crippen LogP contribution in [0.1, 0.15) is 5.69 Å². The lowest BCUT2D eigenvalue weighted by Crippen LogP contribution is -1.99. The molecular formula is C34H24N4. The summed E-state index contributed by atoms with van der Waals surface area (Å²) in [6.07, 6.45) is 9.12. The Hall–Kier alpha value is -5.22. The minimum atomic E-state index is 0.841. The van der Waals surface area contributed by atoms with Crippen LogP contribution in [-0.2, 0) is 0 Å². The molecule has 0 spiro atoms. The van der Waals surface area contributed by atoms with Gasteiger partial charge in [0, 0.05) is 40.5 Å². The first-order chi connectivity index (χ1) is 18.8. The smallest absolute Gasteiger partial charge is 0.138 e. The minimum absolute atomic E-state index is 0.841. The number of aliphatic imine (C=N–C) groups is 1. The molecular weight excluding hydrogens is 464 g/mol. The zero-order chi connectivity index (χ0) is 25.5. The van der Waals surface area contributed by atoms with Gasteiger partial charge in [-0.15, -0.1) is 0 Å². The number of nitrogens with zero attached hydrogens (tertiary/aromatic N) is 4. The van der Waals surface area contributed by atoms with E-state index in [0.29, 0.717) is 0 Å². The monoisotopic (exact) mass is 488 g/mol. The Morgan fingerprint density at radius 3 is 2.45 bits per heavy atom. The Kier molecular flexibility index (Phi) is 5.22. The van der Waals surface area contributed by atoms with E-state index in [1.807, 2.05) is 24.3 Å². The van der Waals surface area contributed by atoms with E-state index < -0.39 is 0 Å². The third-order valence-electron chi connectivity index (χ3n) is 7.03. The van der Waals surface area contributed by atoms with E-state index in [4.69, 9.17) is 4.98 Å². The van der Waals surface area contributed by atoms with Gasteiger partial charge in [-0.1, -0.05) is 73.3 Å². The SMILES string of the molecule is C=CC=N/C=C/c1cccc(-n2c3ccc4ccccc4c3c3ccc4c(ccn4-c4ccccc4)c32)n1. The maximum atomic E-state index is 5.03. The lowest BCUT2D eigenvalue weighted by molar-refractivity contribution is 1.08. The molecule has 0 atom stereocenters. The molecule has 0 bridgehead atoms. The van der Waals surface area contributed by atoms with Crippen LogP contribution >= 0.6 is 0 Å². The van der Waals surface area contributed by atoms with Gasteiger partial charge in [-0.3, -0.25) is 9.56 Å². The van der Waals surface area contributed by atoms with Crippen molar-refractivity contribution in [3.8, 4) is 11.5 Å². The highest BCUT2D eigenvalue weighted by molar-refractivity contribution is 6.25. The molecule has 38 heavy (non-hydrogen) atoms. The van der Waals surface area contributed by atoms with Gasteiger partial charge in [0.1, 0.15) is 5.82 Å². The van der Waals surface area contributed by atoms with E-state index in [9.17, 15) is 0 Å². The normalized spacial score (nSPS) is 12.1. The van der Waals surface area contributed by atoms with Gasteiger partial charge in [-0.2, -0.15) is 0 Å². The van der Waals surface area contributed by atoms with Gasteiger partial charge in [-0.25, -0.2) is 4.98 Å². The second-order valence-electron chi connectivity index (χ2n) is 9.20. The number of rotatable bonds is 5. The summed E-state index contributed by atoms with van der Waals surface area (Å²) in [4.78, 5) is 9.25. The summed E-state index contributed by atoms with van der Waals surface area (Å²) in [5.74, 6) is 0.870. The molecule has 4 nitrogen and oxygen atoms in total. The van der Waals surface area contributed by atoms with E-state index in [-0.39, 0.29) is 0 Å². The maximum Gasteiger partial charge on any atom is 0.138 e. The van der Waals surface area contributed by atoms with Gasteiger partial charge < -0.3 is 4.57 Å². The summed E-state index contributed by atoms with van der Waals surface area (Å²) in [6.45, 7) is 3.67. The molecule has 0 saturated carbocycles. The van der Waals surface area contributed by atoms with Crippen molar-refractivity contribution in [3.63, 3.8) is 0 Å². The Labute approximate surface area is 220 Å². The van der Waals surface area contributed by atoms with Gasteiger partial charge in [0.25, 0.3) is 0 Å². The first-order valence-corrected chi connectivity index (χ1v) is 12.6. The number of para-hydroxylation sites is 1. The lowest BCUT2D eigenvalue weighted by Gasteiger charge is -2.10. The second-order valence-corrected chi connectivity index (χ2v) is 9.20. The number of benzene rings is 4. The summed E-state index contributed by atoms with van der Waals surface area (Å²) in [5.41, 5.74) is 5.43. The van der Waals surface area contributed by atoms with Gasteiger partial charge in [0.05, 0.1) is 22.2 Å². The molecule has 4 heteroatoms. The van der Waals surface area contributed by atoms with Crippen LogP contribution in [0.5, 0.6) is 0 Å². The second kappa shape index (κ2) is 9.02. The molecule has 0 amide bonds. The molecule has 3 heterocycles. The third kappa shape index (κ3) is 3.46. The zero-order valence-electron chi connectivity index (χ0n) is 20.7. The number of allylic oxidation sites excluding steroid dienone is 1. The van der Waals surface area contributed by atoms with Crippen LogP contribution in [0, 0.1) is 0 Å². The summed E-state index contributed by atoms with van der Waals surface area (Å²) in [7, 11) is 0. The van der Waals surface area contributed by atoms with Crippen LogP contribution < -0.4 is 0 Å². The van der Waals surface area contributed by atoms with Gasteiger partial charge >= 0.3 is 0 Å². The fourth-order valence-electron chi connectivity index (χ4n) is 5.43. The molecule has 0 unspecified atom stereocenters. The molecule has 0 saturated heterocycles. The highest BCUT2D eigenvalue weighted by Gasteiger charge is 2.19. The maximum absolute atomic E-state index is 5.03. The highest BCUT2D eigenvalue weighted by Crippen LogP contribution is 2.40. The Morgan fingerprint density at radius 1 is 0.711 bits per heavy atom. The molecule has 0 aliphatic heterocycles. The van der Waals surface area contributed by atoms with Crippen molar-refractivity contribution in [2.24, 2.45) is 4.99 Å². The minimum Gasteiger partial charge on any atom is -0.316 e. The lowest BCUT2D eigenvalue weighted by atomic mass is 10.0. The predicted molar refractivity (Wildman–Crippen MR) is 161 cm³/mol. The summed E-state index contributed by atoms with van der Waals surface area (Å²) >= 11 is 0. The van der Waals surface area contributed by atoms with E-state index in [1.54, 1.807) is 18.5 Å². The van der Waals surface area contributed by atoms with Crippen LogP contribution in [0.15, 0.2) is 133 Å². The topological polar surface area (TPSA) is 35.1 Å². The van der Waals surface area contributed by atoms with Crippen molar-refractivity contribution in [1.82, 2.24) is 14.1 Å². The molecule has 0 aliphatic carbocycles. The fourth-order valence-corrected chi connectivity index (χ4v) is 5.43. The van der Waals surface area contributed by atoms with Crippen molar-refractivity contribution in [1.29, 1.82) is 0 Å². The third-order valence-corrected chi connectivity index (χ3v) is 7.03. The Bertz CT molecular complexity index is 2040. The molecule has 0 radical (unpaired) electrons. The number of aromatic nitrogens is 3. The van der Waals surface area contributed by atoms with Crippen LogP contribution in [0.3, 0.4) is 0 Å².